The molecule has 0 bridgehead atoms. The molecule has 0 atom stereocenters. The quantitative estimate of drug-likeness (QED) is 0.495. The second-order valence-electron chi connectivity index (χ2n) is 8.00. The predicted molar refractivity (Wildman–Crippen MR) is 125 cm³/mol. The summed E-state index contributed by atoms with van der Waals surface area (Å²) in [7, 11) is -3.93. The minimum Gasteiger partial charge on any atom is -0.302 e. The topological polar surface area (TPSA) is 88.2 Å². The van der Waals surface area contributed by atoms with Crippen molar-refractivity contribution in [1.82, 2.24) is 4.98 Å². The first-order valence-corrected chi connectivity index (χ1v) is 12.7. The molecule has 9 heteroatoms. The number of carbonyl (C=O) groups excluding carboxylic acids is 1. The standard InChI is InChI=1S/C23H24FN3O3S2/c1-14-10-11-17(12-20(14)32(29,30)27-19-9-5-8-18(24)13-19)21-15(2)25-23(31-21)26-22(28)16-6-3-4-7-16/h5,8-13,16,27H,3-4,6-7H2,1-2H3,(H,25,26,28). The molecule has 0 saturated heterocycles. The van der Waals surface area contributed by atoms with Crippen LogP contribution < -0.4 is 10.0 Å². The van der Waals surface area contributed by atoms with Crippen LogP contribution in [0, 0.1) is 25.6 Å². The Hall–Kier alpha value is -2.78. The molecule has 3 aromatic rings. The molecule has 0 aliphatic heterocycles. The van der Waals surface area contributed by atoms with Gasteiger partial charge in [-0.3, -0.25) is 9.52 Å². The van der Waals surface area contributed by atoms with Gasteiger partial charge in [0.2, 0.25) is 5.91 Å². The summed E-state index contributed by atoms with van der Waals surface area (Å²) >= 11 is 1.32. The van der Waals surface area contributed by atoms with Crippen molar-refractivity contribution in [3.8, 4) is 10.4 Å². The van der Waals surface area contributed by atoms with Crippen LogP contribution in [0.3, 0.4) is 0 Å². The minimum atomic E-state index is -3.93. The third kappa shape index (κ3) is 4.83. The molecule has 0 radical (unpaired) electrons. The maximum Gasteiger partial charge on any atom is 0.262 e. The number of rotatable bonds is 6. The second kappa shape index (κ2) is 8.99. The molecule has 4 rings (SSSR count). The number of anilines is 2. The number of benzene rings is 2. The van der Waals surface area contributed by atoms with E-state index in [1.165, 1.54) is 29.5 Å². The Bertz CT molecular complexity index is 1270. The number of nitrogens with zero attached hydrogens (tertiary/aromatic N) is 1. The van der Waals surface area contributed by atoms with E-state index in [0.717, 1.165) is 36.6 Å². The van der Waals surface area contributed by atoms with E-state index in [4.69, 9.17) is 0 Å². The predicted octanol–water partition coefficient (Wildman–Crippen LogP) is 5.50. The number of halogens is 1. The Morgan fingerprint density at radius 1 is 1.12 bits per heavy atom. The van der Waals surface area contributed by atoms with Crippen LogP contribution in [0.25, 0.3) is 10.4 Å². The largest absolute Gasteiger partial charge is 0.302 e. The van der Waals surface area contributed by atoms with E-state index >= 15 is 0 Å². The highest BCUT2D eigenvalue weighted by molar-refractivity contribution is 7.92. The lowest BCUT2D eigenvalue weighted by molar-refractivity contribution is -0.119. The average molecular weight is 474 g/mol. The van der Waals surface area contributed by atoms with Crippen LogP contribution in [0.1, 0.15) is 36.9 Å². The fraction of sp³-hybridized carbons (Fsp3) is 0.304. The number of sulfonamides is 1. The van der Waals surface area contributed by atoms with Gasteiger partial charge in [-0.25, -0.2) is 17.8 Å². The molecule has 168 valence electrons. The smallest absolute Gasteiger partial charge is 0.262 e. The van der Waals surface area contributed by atoms with E-state index in [-0.39, 0.29) is 22.4 Å². The average Bonchev–Trinajstić information content (AvgIpc) is 3.38. The maximum atomic E-state index is 13.5. The zero-order valence-electron chi connectivity index (χ0n) is 17.8. The number of aromatic nitrogens is 1. The molecule has 0 unspecified atom stereocenters. The summed E-state index contributed by atoms with van der Waals surface area (Å²) in [5, 5.41) is 3.42. The Morgan fingerprint density at radius 2 is 1.88 bits per heavy atom. The van der Waals surface area contributed by atoms with Crippen LogP contribution in [-0.4, -0.2) is 19.3 Å². The summed E-state index contributed by atoms with van der Waals surface area (Å²) in [6, 6.07) is 10.5. The molecule has 1 aliphatic rings. The molecule has 1 fully saturated rings. The van der Waals surface area contributed by atoms with Gasteiger partial charge in [0.1, 0.15) is 5.82 Å². The summed E-state index contributed by atoms with van der Waals surface area (Å²) in [6.07, 6.45) is 3.95. The second-order valence-corrected chi connectivity index (χ2v) is 10.7. The summed E-state index contributed by atoms with van der Waals surface area (Å²) in [4.78, 5) is 17.8. The zero-order chi connectivity index (χ0) is 22.9. The Labute approximate surface area is 191 Å². The van der Waals surface area contributed by atoms with E-state index in [0.29, 0.717) is 22.0 Å². The molecule has 2 aromatic carbocycles. The van der Waals surface area contributed by atoms with Gasteiger partial charge in [-0.15, -0.1) is 0 Å². The molecule has 1 aromatic heterocycles. The van der Waals surface area contributed by atoms with E-state index < -0.39 is 15.8 Å². The molecule has 1 heterocycles. The first-order chi connectivity index (χ1) is 15.2. The number of amides is 1. The molecule has 6 nitrogen and oxygen atoms in total. The van der Waals surface area contributed by atoms with Crippen molar-refractivity contribution < 1.29 is 17.6 Å². The van der Waals surface area contributed by atoms with E-state index in [1.54, 1.807) is 19.1 Å². The minimum absolute atomic E-state index is 0.00531. The lowest BCUT2D eigenvalue weighted by Gasteiger charge is -2.12. The third-order valence-electron chi connectivity index (χ3n) is 5.57. The number of thiazole rings is 1. The van der Waals surface area contributed by atoms with E-state index in [9.17, 15) is 17.6 Å². The highest BCUT2D eigenvalue weighted by Crippen LogP contribution is 2.36. The summed E-state index contributed by atoms with van der Waals surface area (Å²) in [5.41, 5.74) is 2.11. The van der Waals surface area contributed by atoms with Gasteiger partial charge in [0, 0.05) is 5.92 Å². The van der Waals surface area contributed by atoms with Crippen LogP contribution in [0.15, 0.2) is 47.4 Å². The van der Waals surface area contributed by atoms with Crippen LogP contribution in [0.4, 0.5) is 15.2 Å². The Morgan fingerprint density at radius 3 is 2.59 bits per heavy atom. The molecular formula is C23H24FN3O3S2. The fourth-order valence-electron chi connectivity index (χ4n) is 3.91. The number of nitrogens with one attached hydrogen (secondary N) is 2. The normalized spacial score (nSPS) is 14.5. The van der Waals surface area contributed by atoms with Gasteiger partial charge >= 0.3 is 0 Å². The van der Waals surface area contributed by atoms with Gasteiger partial charge in [0.05, 0.1) is 21.2 Å². The van der Waals surface area contributed by atoms with Gasteiger partial charge in [0.15, 0.2) is 5.13 Å². The van der Waals surface area contributed by atoms with Crippen LogP contribution in [0.5, 0.6) is 0 Å². The molecule has 1 aliphatic carbocycles. The van der Waals surface area contributed by atoms with Gasteiger partial charge in [0.25, 0.3) is 10.0 Å². The summed E-state index contributed by atoms with van der Waals surface area (Å²) in [5.74, 6) is -0.495. The first kappa shape index (κ1) is 22.4. The van der Waals surface area contributed by atoms with Gasteiger partial charge < -0.3 is 5.32 Å². The number of hydrogen-bond donors (Lipinski definition) is 2. The molecule has 2 N–H and O–H groups in total. The number of hydrogen-bond acceptors (Lipinski definition) is 5. The lowest BCUT2D eigenvalue weighted by atomic mass is 10.1. The molecule has 1 saturated carbocycles. The molecular weight excluding hydrogens is 449 g/mol. The van der Waals surface area contributed by atoms with Gasteiger partial charge in [-0.05, 0) is 62.1 Å². The van der Waals surface area contributed by atoms with Crippen molar-refractivity contribution >= 4 is 38.1 Å². The van der Waals surface area contributed by atoms with E-state index in [1.807, 2.05) is 13.0 Å². The summed E-state index contributed by atoms with van der Waals surface area (Å²) in [6.45, 7) is 3.53. The fourth-order valence-corrected chi connectivity index (χ4v) is 6.19. The molecule has 1 amide bonds. The lowest BCUT2D eigenvalue weighted by Crippen LogP contribution is -2.20. The van der Waals surface area contributed by atoms with Crippen molar-refractivity contribution in [1.29, 1.82) is 0 Å². The Kier molecular flexibility index (Phi) is 6.30. The van der Waals surface area contributed by atoms with Crippen LogP contribution >= 0.6 is 11.3 Å². The van der Waals surface area contributed by atoms with Gasteiger partial charge in [-0.1, -0.05) is 42.4 Å². The maximum absolute atomic E-state index is 13.5. The molecule has 32 heavy (non-hydrogen) atoms. The van der Waals surface area contributed by atoms with Crippen molar-refractivity contribution in [3.63, 3.8) is 0 Å². The van der Waals surface area contributed by atoms with Crippen molar-refractivity contribution in [2.75, 3.05) is 10.0 Å². The van der Waals surface area contributed by atoms with Gasteiger partial charge in [-0.2, -0.15) is 0 Å². The highest BCUT2D eigenvalue weighted by Gasteiger charge is 2.24. The zero-order valence-corrected chi connectivity index (χ0v) is 19.4. The number of aryl methyl sites for hydroxylation is 2. The highest BCUT2D eigenvalue weighted by atomic mass is 32.2. The van der Waals surface area contributed by atoms with Crippen molar-refractivity contribution in [2.45, 2.75) is 44.4 Å². The van der Waals surface area contributed by atoms with Crippen LogP contribution in [-0.2, 0) is 14.8 Å². The van der Waals surface area contributed by atoms with Crippen LogP contribution in [0.2, 0.25) is 0 Å². The van der Waals surface area contributed by atoms with E-state index in [2.05, 4.69) is 15.0 Å². The SMILES string of the molecule is Cc1ccc(-c2sc(NC(=O)C3CCCC3)nc2C)cc1S(=O)(=O)Nc1cccc(F)c1. The third-order valence-corrected chi connectivity index (χ3v) is 8.21. The van der Waals surface area contributed by atoms with Crippen molar-refractivity contribution in [2.24, 2.45) is 5.92 Å². The monoisotopic (exact) mass is 473 g/mol. The Balaban J connectivity index is 1.61. The van der Waals surface area contributed by atoms with Crippen molar-refractivity contribution in [3.05, 3.63) is 59.5 Å². The first-order valence-electron chi connectivity index (χ1n) is 10.4. The summed E-state index contributed by atoms with van der Waals surface area (Å²) < 4.78 is 41.9. The molecule has 0 spiro atoms. The number of carbonyl (C=O) groups is 1.